The number of sulfone groups is 1. The summed E-state index contributed by atoms with van der Waals surface area (Å²) in [5, 5.41) is 3.49. The molecule has 1 atom stereocenters. The van der Waals surface area contributed by atoms with Gasteiger partial charge in [-0.1, -0.05) is 5.16 Å². The molecule has 82 valence electrons. The molecule has 0 aliphatic rings. The maximum Gasteiger partial charge on any atom is 0.244 e. The standard InChI is InChI=1S/C8H11N3O3S/c1-3-4-6(9)8-10-7(11-14-8)5-15(2,12)13/h1,6H,4-5,9H2,2H3. The molecule has 1 aromatic rings. The lowest BCUT2D eigenvalue weighted by Gasteiger charge is -1.98. The first-order valence-electron chi connectivity index (χ1n) is 4.11. The van der Waals surface area contributed by atoms with Gasteiger partial charge in [-0.3, -0.25) is 0 Å². The van der Waals surface area contributed by atoms with Crippen LogP contribution in [0.25, 0.3) is 0 Å². The number of nitrogens with two attached hydrogens (primary N) is 1. The first kappa shape index (κ1) is 11.7. The predicted octanol–water partition coefficient (Wildman–Crippen LogP) is -0.363. The second-order valence-corrected chi connectivity index (χ2v) is 5.27. The van der Waals surface area contributed by atoms with E-state index in [1.54, 1.807) is 0 Å². The normalized spacial score (nSPS) is 13.4. The zero-order chi connectivity index (χ0) is 11.5. The molecule has 2 N–H and O–H groups in total. The molecule has 15 heavy (non-hydrogen) atoms. The molecule has 0 spiro atoms. The molecule has 0 saturated heterocycles. The van der Waals surface area contributed by atoms with Crippen LogP contribution in [0.1, 0.15) is 24.2 Å². The van der Waals surface area contributed by atoms with Gasteiger partial charge in [0.15, 0.2) is 15.7 Å². The van der Waals surface area contributed by atoms with E-state index in [2.05, 4.69) is 16.1 Å². The largest absolute Gasteiger partial charge is 0.338 e. The lowest BCUT2D eigenvalue weighted by atomic mass is 10.2. The van der Waals surface area contributed by atoms with Gasteiger partial charge in [-0.25, -0.2) is 8.42 Å². The lowest BCUT2D eigenvalue weighted by Crippen LogP contribution is -2.10. The van der Waals surface area contributed by atoms with Crippen molar-refractivity contribution in [2.45, 2.75) is 18.2 Å². The minimum Gasteiger partial charge on any atom is -0.338 e. The summed E-state index contributed by atoms with van der Waals surface area (Å²) >= 11 is 0. The summed E-state index contributed by atoms with van der Waals surface area (Å²) in [6, 6.07) is -0.546. The molecule has 1 unspecified atom stereocenters. The van der Waals surface area contributed by atoms with Crippen molar-refractivity contribution < 1.29 is 12.9 Å². The van der Waals surface area contributed by atoms with E-state index in [-0.39, 0.29) is 23.9 Å². The number of aromatic nitrogens is 2. The maximum atomic E-state index is 10.9. The van der Waals surface area contributed by atoms with Crippen molar-refractivity contribution in [3.8, 4) is 12.3 Å². The highest BCUT2D eigenvalue weighted by Gasteiger charge is 2.16. The Hall–Kier alpha value is -1.39. The van der Waals surface area contributed by atoms with Crippen LogP contribution in [-0.4, -0.2) is 24.8 Å². The number of hydrogen-bond donors (Lipinski definition) is 1. The zero-order valence-corrected chi connectivity index (χ0v) is 8.99. The molecule has 1 rings (SSSR count). The summed E-state index contributed by atoms with van der Waals surface area (Å²) in [4.78, 5) is 3.84. The summed E-state index contributed by atoms with van der Waals surface area (Å²) in [6.07, 6.45) is 6.41. The molecule has 1 aromatic heterocycles. The topological polar surface area (TPSA) is 99.1 Å². The molecule has 0 aromatic carbocycles. The van der Waals surface area contributed by atoms with Crippen molar-refractivity contribution in [3.05, 3.63) is 11.7 Å². The monoisotopic (exact) mass is 229 g/mol. The number of terminal acetylenes is 1. The summed E-state index contributed by atoms with van der Waals surface area (Å²) in [5.41, 5.74) is 5.59. The van der Waals surface area contributed by atoms with E-state index in [1.165, 1.54) is 0 Å². The van der Waals surface area contributed by atoms with Crippen LogP contribution in [0.3, 0.4) is 0 Å². The Morgan fingerprint density at radius 1 is 1.67 bits per heavy atom. The van der Waals surface area contributed by atoms with Crippen LogP contribution in [0.15, 0.2) is 4.52 Å². The minimum atomic E-state index is -3.17. The maximum absolute atomic E-state index is 10.9. The number of nitrogens with zero attached hydrogens (tertiary/aromatic N) is 2. The molecule has 0 amide bonds. The Balaban J connectivity index is 2.77. The number of hydrogen-bond acceptors (Lipinski definition) is 6. The average Bonchev–Trinajstić information content (AvgIpc) is 2.50. The zero-order valence-electron chi connectivity index (χ0n) is 8.17. The molecule has 7 heteroatoms. The van der Waals surface area contributed by atoms with Crippen LogP contribution in [0.2, 0.25) is 0 Å². The van der Waals surface area contributed by atoms with Crippen LogP contribution in [-0.2, 0) is 15.6 Å². The van der Waals surface area contributed by atoms with Gasteiger partial charge < -0.3 is 10.3 Å². The molecule has 1 heterocycles. The van der Waals surface area contributed by atoms with Crippen LogP contribution in [0.4, 0.5) is 0 Å². The summed E-state index contributed by atoms with van der Waals surface area (Å²) < 4.78 is 26.6. The minimum absolute atomic E-state index is 0.0972. The highest BCUT2D eigenvalue weighted by molar-refractivity contribution is 7.89. The van der Waals surface area contributed by atoms with Gasteiger partial charge >= 0.3 is 0 Å². The Morgan fingerprint density at radius 3 is 2.87 bits per heavy atom. The smallest absolute Gasteiger partial charge is 0.244 e. The van der Waals surface area contributed by atoms with Crippen LogP contribution >= 0.6 is 0 Å². The Kier molecular flexibility index (Phi) is 3.44. The van der Waals surface area contributed by atoms with Gasteiger partial charge in [-0.05, 0) is 0 Å². The average molecular weight is 229 g/mol. The second kappa shape index (κ2) is 4.42. The lowest BCUT2D eigenvalue weighted by molar-refractivity contribution is 0.353. The van der Waals surface area contributed by atoms with Gasteiger partial charge in [0.2, 0.25) is 5.89 Å². The molecule has 0 bridgehead atoms. The molecule has 0 radical (unpaired) electrons. The fourth-order valence-electron chi connectivity index (χ4n) is 0.925. The first-order valence-corrected chi connectivity index (χ1v) is 6.17. The van der Waals surface area contributed by atoms with Crippen LogP contribution in [0.5, 0.6) is 0 Å². The van der Waals surface area contributed by atoms with E-state index in [0.717, 1.165) is 6.26 Å². The van der Waals surface area contributed by atoms with Gasteiger partial charge in [0.25, 0.3) is 0 Å². The van der Waals surface area contributed by atoms with Crippen molar-refractivity contribution in [3.63, 3.8) is 0 Å². The molecular formula is C8H11N3O3S. The Morgan fingerprint density at radius 2 is 2.33 bits per heavy atom. The SMILES string of the molecule is C#CCC(N)c1nc(CS(C)(=O)=O)no1. The van der Waals surface area contributed by atoms with E-state index in [9.17, 15) is 8.42 Å². The van der Waals surface area contributed by atoms with Crippen LogP contribution in [0, 0.1) is 12.3 Å². The predicted molar refractivity (Wildman–Crippen MR) is 53.2 cm³/mol. The van der Waals surface area contributed by atoms with Crippen molar-refractivity contribution in [1.29, 1.82) is 0 Å². The van der Waals surface area contributed by atoms with Crippen LogP contribution < -0.4 is 5.73 Å². The van der Waals surface area contributed by atoms with Gasteiger partial charge in [0.1, 0.15) is 5.75 Å². The highest BCUT2D eigenvalue weighted by atomic mass is 32.2. The van der Waals surface area contributed by atoms with Gasteiger partial charge in [0.05, 0.1) is 6.04 Å². The second-order valence-electron chi connectivity index (χ2n) is 3.13. The quantitative estimate of drug-likeness (QED) is 0.708. The molecule has 0 fully saturated rings. The van der Waals surface area contributed by atoms with Crippen molar-refractivity contribution >= 4 is 9.84 Å². The highest BCUT2D eigenvalue weighted by Crippen LogP contribution is 2.11. The Labute approximate surface area is 87.8 Å². The Bertz CT molecular complexity index is 472. The molecule has 0 aliphatic carbocycles. The third-order valence-electron chi connectivity index (χ3n) is 1.53. The van der Waals surface area contributed by atoms with E-state index >= 15 is 0 Å². The van der Waals surface area contributed by atoms with Crippen molar-refractivity contribution in [2.75, 3.05) is 6.26 Å². The summed E-state index contributed by atoms with van der Waals surface area (Å²) in [5.74, 6) is 2.34. The molecule has 0 aliphatic heterocycles. The fourth-order valence-corrected chi connectivity index (χ4v) is 1.51. The number of rotatable bonds is 4. The van der Waals surface area contributed by atoms with E-state index < -0.39 is 15.9 Å². The first-order chi connectivity index (χ1) is 6.92. The third kappa shape index (κ3) is 3.69. The van der Waals surface area contributed by atoms with Crippen molar-refractivity contribution in [1.82, 2.24) is 10.1 Å². The van der Waals surface area contributed by atoms with E-state index in [1.807, 2.05) is 0 Å². The molecular weight excluding hydrogens is 218 g/mol. The van der Waals surface area contributed by atoms with Crippen molar-refractivity contribution in [2.24, 2.45) is 5.73 Å². The fraction of sp³-hybridized carbons (Fsp3) is 0.500. The van der Waals surface area contributed by atoms with E-state index in [0.29, 0.717) is 0 Å². The van der Waals surface area contributed by atoms with Gasteiger partial charge in [0, 0.05) is 12.7 Å². The summed E-state index contributed by atoms with van der Waals surface area (Å²) in [7, 11) is -3.17. The summed E-state index contributed by atoms with van der Waals surface area (Å²) in [6.45, 7) is 0. The van der Waals surface area contributed by atoms with E-state index in [4.69, 9.17) is 16.7 Å². The molecule has 0 saturated carbocycles. The molecule has 6 nitrogen and oxygen atoms in total. The van der Waals surface area contributed by atoms with Gasteiger partial charge in [-0.2, -0.15) is 4.98 Å². The van der Waals surface area contributed by atoms with Gasteiger partial charge in [-0.15, -0.1) is 12.3 Å². The third-order valence-corrected chi connectivity index (χ3v) is 2.31.